The molecule has 1 aliphatic rings. The van der Waals surface area contributed by atoms with Crippen LogP contribution in [-0.4, -0.2) is 41.9 Å². The van der Waals surface area contributed by atoms with Gasteiger partial charge in [0.1, 0.15) is 23.6 Å². The molecule has 0 aliphatic carbocycles. The summed E-state index contributed by atoms with van der Waals surface area (Å²) in [6.07, 6.45) is 0.579. The fourth-order valence-corrected chi connectivity index (χ4v) is 4.54. The molecule has 0 N–H and O–H groups in total. The van der Waals surface area contributed by atoms with Gasteiger partial charge in [-0.05, 0) is 38.8 Å². The minimum absolute atomic E-state index is 0.115. The van der Waals surface area contributed by atoms with Gasteiger partial charge in [-0.25, -0.2) is 22.2 Å². The number of rotatable bonds is 4. The number of hydrogen-bond donors (Lipinski definition) is 0. The molecule has 140 valence electrons. The molecule has 2 aromatic rings. The Morgan fingerprint density at radius 1 is 1.12 bits per heavy atom. The maximum atomic E-state index is 13.9. The lowest BCUT2D eigenvalue weighted by atomic mass is 10.1. The van der Waals surface area contributed by atoms with Gasteiger partial charge in [0.25, 0.3) is 0 Å². The molecule has 1 aliphatic heterocycles. The third-order valence-electron chi connectivity index (χ3n) is 4.15. The number of halogens is 2. The molecule has 1 saturated heterocycles. The molecule has 1 fully saturated rings. The second-order valence-electron chi connectivity index (χ2n) is 6.17. The largest absolute Gasteiger partial charge is 0.474 e. The maximum absolute atomic E-state index is 13.9. The van der Waals surface area contributed by atoms with Crippen molar-refractivity contribution in [2.75, 3.05) is 13.1 Å². The molecule has 0 saturated carbocycles. The van der Waals surface area contributed by atoms with E-state index in [1.165, 1.54) is 0 Å². The summed E-state index contributed by atoms with van der Waals surface area (Å²) in [7, 11) is -4.23. The zero-order valence-corrected chi connectivity index (χ0v) is 15.3. The van der Waals surface area contributed by atoms with Crippen molar-refractivity contribution in [2.24, 2.45) is 0 Å². The first kappa shape index (κ1) is 18.7. The first-order chi connectivity index (χ1) is 12.3. The lowest BCUT2D eigenvalue weighted by Gasteiger charge is -2.31. The van der Waals surface area contributed by atoms with E-state index >= 15 is 0 Å². The van der Waals surface area contributed by atoms with Crippen LogP contribution in [0.3, 0.4) is 0 Å². The average molecular weight is 383 g/mol. The molecule has 0 atom stereocenters. The number of nitrogens with zero attached hydrogens (tertiary/aromatic N) is 3. The van der Waals surface area contributed by atoms with Gasteiger partial charge in [-0.15, -0.1) is 0 Å². The molecule has 26 heavy (non-hydrogen) atoms. The second-order valence-corrected chi connectivity index (χ2v) is 8.04. The summed E-state index contributed by atoms with van der Waals surface area (Å²) in [6, 6.07) is 4.72. The zero-order valence-electron chi connectivity index (χ0n) is 14.4. The van der Waals surface area contributed by atoms with Crippen molar-refractivity contribution in [1.29, 1.82) is 0 Å². The summed E-state index contributed by atoms with van der Waals surface area (Å²) < 4.78 is 59.7. The molecule has 1 aromatic heterocycles. The van der Waals surface area contributed by atoms with Gasteiger partial charge in [0, 0.05) is 24.8 Å². The van der Waals surface area contributed by atoms with Gasteiger partial charge in [-0.2, -0.15) is 9.29 Å². The Bertz CT molecular complexity index is 873. The van der Waals surface area contributed by atoms with E-state index in [0.717, 1.165) is 28.2 Å². The summed E-state index contributed by atoms with van der Waals surface area (Å²) in [6.45, 7) is 3.82. The van der Waals surface area contributed by atoms with Crippen LogP contribution in [0.2, 0.25) is 0 Å². The normalized spacial score (nSPS) is 16.6. The van der Waals surface area contributed by atoms with Crippen LogP contribution in [0.5, 0.6) is 5.88 Å². The van der Waals surface area contributed by atoms with E-state index in [9.17, 15) is 17.2 Å². The van der Waals surface area contributed by atoms with E-state index in [0.29, 0.717) is 24.5 Å². The zero-order chi connectivity index (χ0) is 18.9. The number of aromatic nitrogens is 2. The topological polar surface area (TPSA) is 72.4 Å². The molecule has 1 aromatic carbocycles. The Balaban J connectivity index is 1.70. The van der Waals surface area contributed by atoms with Gasteiger partial charge < -0.3 is 4.74 Å². The van der Waals surface area contributed by atoms with E-state index in [2.05, 4.69) is 9.97 Å². The molecule has 0 radical (unpaired) electrons. The van der Waals surface area contributed by atoms with Crippen molar-refractivity contribution in [3.63, 3.8) is 0 Å². The Kier molecular flexibility index (Phi) is 5.19. The number of hydrogen-bond acceptors (Lipinski definition) is 5. The number of piperidine rings is 1. The van der Waals surface area contributed by atoms with E-state index < -0.39 is 26.6 Å². The highest BCUT2D eigenvalue weighted by atomic mass is 32.2. The lowest BCUT2D eigenvalue weighted by Crippen LogP contribution is -2.42. The molecule has 0 spiro atoms. The smallest absolute Gasteiger partial charge is 0.248 e. The van der Waals surface area contributed by atoms with Crippen molar-refractivity contribution in [3.05, 3.63) is 47.4 Å². The summed E-state index contributed by atoms with van der Waals surface area (Å²) in [5, 5.41) is 0. The van der Waals surface area contributed by atoms with Gasteiger partial charge in [0.2, 0.25) is 15.9 Å². The average Bonchev–Trinajstić information content (AvgIpc) is 2.54. The number of benzene rings is 1. The number of sulfonamides is 1. The minimum atomic E-state index is -4.23. The van der Waals surface area contributed by atoms with Crippen LogP contribution in [0.25, 0.3) is 0 Å². The molecule has 2 heterocycles. The first-order valence-corrected chi connectivity index (χ1v) is 9.64. The van der Waals surface area contributed by atoms with Gasteiger partial charge in [-0.3, -0.25) is 0 Å². The quantitative estimate of drug-likeness (QED) is 0.812. The second kappa shape index (κ2) is 7.24. The molecular weight excluding hydrogens is 364 g/mol. The van der Waals surface area contributed by atoms with Gasteiger partial charge in [-0.1, -0.05) is 6.07 Å². The van der Waals surface area contributed by atoms with Crippen LogP contribution in [0, 0.1) is 25.5 Å². The van der Waals surface area contributed by atoms with E-state index in [4.69, 9.17) is 4.74 Å². The number of ether oxygens (including phenoxy) is 1. The van der Waals surface area contributed by atoms with Crippen LogP contribution < -0.4 is 4.74 Å². The highest BCUT2D eigenvalue weighted by Gasteiger charge is 2.34. The number of aryl methyl sites for hydroxylation is 2. The van der Waals surface area contributed by atoms with Crippen LogP contribution >= 0.6 is 0 Å². The Hall–Kier alpha value is -2.13. The van der Waals surface area contributed by atoms with E-state index in [-0.39, 0.29) is 19.2 Å². The molecule has 9 heteroatoms. The predicted octanol–water partition coefficient (Wildman–Crippen LogP) is 2.60. The molecule has 0 unspecified atom stereocenters. The monoisotopic (exact) mass is 383 g/mol. The maximum Gasteiger partial charge on any atom is 0.248 e. The Morgan fingerprint density at radius 3 is 2.31 bits per heavy atom. The fourth-order valence-electron chi connectivity index (χ4n) is 2.96. The van der Waals surface area contributed by atoms with E-state index in [1.807, 2.05) is 6.92 Å². The van der Waals surface area contributed by atoms with Gasteiger partial charge in [0.05, 0.1) is 0 Å². The highest BCUT2D eigenvalue weighted by Crippen LogP contribution is 2.26. The Morgan fingerprint density at radius 2 is 1.73 bits per heavy atom. The Labute approximate surface area is 150 Å². The summed E-state index contributed by atoms with van der Waals surface area (Å²) in [4.78, 5) is 7.47. The van der Waals surface area contributed by atoms with Crippen LogP contribution in [0.15, 0.2) is 29.2 Å². The third kappa shape index (κ3) is 3.83. The molecule has 0 bridgehead atoms. The summed E-state index contributed by atoms with van der Waals surface area (Å²) >= 11 is 0. The first-order valence-electron chi connectivity index (χ1n) is 8.20. The summed E-state index contributed by atoms with van der Waals surface area (Å²) in [5.41, 5.74) is 0.780. The molecular formula is C17H19F2N3O3S. The molecule has 6 nitrogen and oxygen atoms in total. The van der Waals surface area contributed by atoms with Crippen molar-refractivity contribution in [3.8, 4) is 5.88 Å². The lowest BCUT2D eigenvalue weighted by molar-refractivity contribution is 0.129. The highest BCUT2D eigenvalue weighted by molar-refractivity contribution is 7.89. The van der Waals surface area contributed by atoms with Crippen LogP contribution in [0.4, 0.5) is 8.78 Å². The van der Waals surface area contributed by atoms with Crippen molar-refractivity contribution >= 4 is 10.0 Å². The SMILES string of the molecule is Cc1cc(OC2CCN(S(=O)(=O)c3c(F)cccc3F)CC2)nc(C)n1. The van der Waals surface area contributed by atoms with Gasteiger partial charge >= 0.3 is 0 Å². The van der Waals surface area contributed by atoms with Crippen molar-refractivity contribution in [1.82, 2.24) is 14.3 Å². The fraction of sp³-hybridized carbons (Fsp3) is 0.412. The molecule has 0 amide bonds. The van der Waals surface area contributed by atoms with Crippen molar-refractivity contribution < 1.29 is 21.9 Å². The summed E-state index contributed by atoms with van der Waals surface area (Å²) in [5.74, 6) is -1.14. The predicted molar refractivity (Wildman–Crippen MR) is 90.3 cm³/mol. The van der Waals surface area contributed by atoms with Crippen LogP contribution in [-0.2, 0) is 10.0 Å². The van der Waals surface area contributed by atoms with E-state index in [1.54, 1.807) is 13.0 Å². The van der Waals surface area contributed by atoms with Gasteiger partial charge in [0.15, 0.2) is 4.90 Å². The van der Waals surface area contributed by atoms with Crippen molar-refractivity contribution in [2.45, 2.75) is 37.7 Å². The standard InChI is InChI=1S/C17H19F2N3O3S/c1-11-10-16(21-12(2)20-11)25-13-6-8-22(9-7-13)26(23,24)17-14(18)4-3-5-15(17)19/h3-5,10,13H,6-9H2,1-2H3. The third-order valence-corrected chi connectivity index (χ3v) is 6.10. The molecule has 3 rings (SSSR count). The minimum Gasteiger partial charge on any atom is -0.474 e. The van der Waals surface area contributed by atoms with Crippen LogP contribution in [0.1, 0.15) is 24.4 Å².